The minimum absolute atomic E-state index is 0.208. The van der Waals surface area contributed by atoms with Crippen molar-refractivity contribution < 1.29 is 9.15 Å². The summed E-state index contributed by atoms with van der Waals surface area (Å²) in [6.45, 7) is 2.79. The number of ether oxygens (including phenoxy) is 1. The quantitative estimate of drug-likeness (QED) is 0.707. The fourth-order valence-corrected chi connectivity index (χ4v) is 2.39. The van der Waals surface area contributed by atoms with E-state index < -0.39 is 0 Å². The third kappa shape index (κ3) is 3.09. The first-order valence-electron chi connectivity index (χ1n) is 5.80. The zero-order chi connectivity index (χ0) is 13.0. The molecule has 0 fully saturated rings. The molecule has 0 aliphatic heterocycles. The molecular weight excluding hydrogens is 316 g/mol. The fraction of sp³-hybridized carbons (Fsp3) is 0.286. The summed E-state index contributed by atoms with van der Waals surface area (Å²) in [6, 6.07) is 7.76. The second-order valence-electron chi connectivity index (χ2n) is 3.96. The molecule has 0 amide bonds. The van der Waals surface area contributed by atoms with Crippen LogP contribution in [-0.4, -0.2) is 6.61 Å². The lowest BCUT2D eigenvalue weighted by molar-refractivity contribution is 0.315. The minimum atomic E-state index is -0.208. The molecule has 0 saturated carbocycles. The second kappa shape index (κ2) is 6.30. The van der Waals surface area contributed by atoms with Crippen LogP contribution in [0, 0.1) is 0 Å². The monoisotopic (exact) mass is 328 g/mol. The SMILES string of the molecule is CCCOc1ccc(C(Cl)c2ccoc2)cc1Br. The Morgan fingerprint density at radius 3 is 2.78 bits per heavy atom. The van der Waals surface area contributed by atoms with E-state index in [2.05, 4.69) is 22.9 Å². The topological polar surface area (TPSA) is 22.4 Å². The van der Waals surface area contributed by atoms with Crippen LogP contribution in [-0.2, 0) is 0 Å². The predicted octanol–water partition coefficient (Wildman–Crippen LogP) is 5.16. The molecule has 0 bridgehead atoms. The number of furan rings is 1. The Kier molecular flexibility index (Phi) is 4.72. The lowest BCUT2D eigenvalue weighted by Gasteiger charge is -2.11. The molecule has 2 nitrogen and oxygen atoms in total. The molecule has 1 unspecified atom stereocenters. The average Bonchev–Trinajstić information content (AvgIpc) is 2.90. The molecule has 1 aromatic carbocycles. The first-order chi connectivity index (χ1) is 8.72. The predicted molar refractivity (Wildman–Crippen MR) is 76.3 cm³/mol. The van der Waals surface area contributed by atoms with Crippen LogP contribution in [0.3, 0.4) is 0 Å². The van der Waals surface area contributed by atoms with E-state index in [4.69, 9.17) is 20.8 Å². The Hall–Kier alpha value is -0.930. The molecule has 0 aliphatic rings. The summed E-state index contributed by atoms with van der Waals surface area (Å²) < 4.78 is 11.6. The maximum absolute atomic E-state index is 6.38. The van der Waals surface area contributed by atoms with Crippen molar-refractivity contribution in [3.8, 4) is 5.75 Å². The largest absolute Gasteiger partial charge is 0.492 e. The molecule has 2 aromatic rings. The van der Waals surface area contributed by atoms with Gasteiger partial charge in [-0.25, -0.2) is 0 Å². The van der Waals surface area contributed by atoms with Gasteiger partial charge < -0.3 is 9.15 Å². The van der Waals surface area contributed by atoms with Crippen LogP contribution in [0.1, 0.15) is 29.8 Å². The van der Waals surface area contributed by atoms with Crippen molar-refractivity contribution >= 4 is 27.5 Å². The molecule has 2 rings (SSSR count). The van der Waals surface area contributed by atoms with Crippen molar-refractivity contribution in [1.82, 2.24) is 0 Å². The molecule has 0 N–H and O–H groups in total. The van der Waals surface area contributed by atoms with Gasteiger partial charge in [-0.05, 0) is 46.1 Å². The smallest absolute Gasteiger partial charge is 0.133 e. The maximum Gasteiger partial charge on any atom is 0.133 e. The van der Waals surface area contributed by atoms with Crippen molar-refractivity contribution in [3.63, 3.8) is 0 Å². The van der Waals surface area contributed by atoms with E-state index in [0.717, 1.165) is 27.8 Å². The number of alkyl halides is 1. The number of hydrogen-bond donors (Lipinski definition) is 0. The first kappa shape index (κ1) is 13.5. The van der Waals surface area contributed by atoms with Crippen molar-refractivity contribution in [1.29, 1.82) is 0 Å². The van der Waals surface area contributed by atoms with Gasteiger partial charge in [0.05, 0.1) is 29.0 Å². The Morgan fingerprint density at radius 2 is 2.17 bits per heavy atom. The highest BCUT2D eigenvalue weighted by molar-refractivity contribution is 9.10. The molecule has 1 aromatic heterocycles. The summed E-state index contributed by atoms with van der Waals surface area (Å²) in [5.41, 5.74) is 1.96. The van der Waals surface area contributed by atoms with Crippen LogP contribution >= 0.6 is 27.5 Å². The van der Waals surface area contributed by atoms with Crippen LogP contribution in [0.25, 0.3) is 0 Å². The van der Waals surface area contributed by atoms with Crippen LogP contribution in [0.15, 0.2) is 45.7 Å². The van der Waals surface area contributed by atoms with Crippen molar-refractivity contribution in [2.75, 3.05) is 6.61 Å². The molecule has 1 heterocycles. The van der Waals surface area contributed by atoms with Gasteiger partial charge in [0.1, 0.15) is 5.75 Å². The molecule has 0 saturated heterocycles. The van der Waals surface area contributed by atoms with E-state index in [9.17, 15) is 0 Å². The molecule has 96 valence electrons. The standard InChI is InChI=1S/C14H14BrClO2/c1-2-6-18-13-4-3-10(8-12(13)15)14(16)11-5-7-17-9-11/h3-5,7-9,14H,2,6H2,1H3. The van der Waals surface area contributed by atoms with Crippen molar-refractivity contribution in [2.45, 2.75) is 18.7 Å². The van der Waals surface area contributed by atoms with Gasteiger partial charge >= 0.3 is 0 Å². The van der Waals surface area contributed by atoms with Gasteiger partial charge in [-0.2, -0.15) is 0 Å². The molecule has 18 heavy (non-hydrogen) atoms. The van der Waals surface area contributed by atoms with Gasteiger partial charge in [0.15, 0.2) is 0 Å². The highest BCUT2D eigenvalue weighted by atomic mass is 79.9. The Bertz CT molecular complexity index is 497. The zero-order valence-corrected chi connectivity index (χ0v) is 12.4. The van der Waals surface area contributed by atoms with E-state index >= 15 is 0 Å². The van der Waals surface area contributed by atoms with E-state index in [1.165, 1.54) is 0 Å². The first-order valence-corrected chi connectivity index (χ1v) is 7.03. The second-order valence-corrected chi connectivity index (χ2v) is 5.25. The number of hydrogen-bond acceptors (Lipinski definition) is 2. The maximum atomic E-state index is 6.38. The summed E-state index contributed by atoms with van der Waals surface area (Å²) in [5.74, 6) is 0.844. The normalized spacial score (nSPS) is 12.4. The van der Waals surface area contributed by atoms with E-state index in [0.29, 0.717) is 6.61 Å². The van der Waals surface area contributed by atoms with Crippen LogP contribution in [0.2, 0.25) is 0 Å². The van der Waals surface area contributed by atoms with Gasteiger partial charge in [0.2, 0.25) is 0 Å². The van der Waals surface area contributed by atoms with E-state index in [1.54, 1.807) is 12.5 Å². The molecule has 4 heteroatoms. The van der Waals surface area contributed by atoms with Gasteiger partial charge in [-0.15, -0.1) is 11.6 Å². The molecule has 0 aliphatic carbocycles. The van der Waals surface area contributed by atoms with Crippen LogP contribution < -0.4 is 4.74 Å². The fourth-order valence-electron chi connectivity index (χ4n) is 1.62. The summed E-state index contributed by atoms with van der Waals surface area (Å²) >= 11 is 9.88. The molecule has 0 spiro atoms. The minimum Gasteiger partial charge on any atom is -0.492 e. The van der Waals surface area contributed by atoms with Crippen LogP contribution in [0.4, 0.5) is 0 Å². The zero-order valence-electron chi connectivity index (χ0n) is 10.0. The van der Waals surface area contributed by atoms with Crippen molar-refractivity contribution in [3.05, 3.63) is 52.4 Å². The Balaban J connectivity index is 2.18. The average molecular weight is 330 g/mol. The number of halogens is 2. The van der Waals surface area contributed by atoms with Gasteiger partial charge in [-0.3, -0.25) is 0 Å². The summed E-state index contributed by atoms with van der Waals surface area (Å²) in [7, 11) is 0. The highest BCUT2D eigenvalue weighted by Crippen LogP contribution is 2.34. The Morgan fingerprint density at radius 1 is 1.33 bits per heavy atom. The lowest BCUT2D eigenvalue weighted by Crippen LogP contribution is -1.97. The third-order valence-electron chi connectivity index (χ3n) is 2.55. The lowest BCUT2D eigenvalue weighted by atomic mass is 10.1. The number of rotatable bonds is 5. The summed E-state index contributed by atoms with van der Waals surface area (Å²) in [5, 5.41) is -0.208. The van der Waals surface area contributed by atoms with Gasteiger partial charge in [0.25, 0.3) is 0 Å². The van der Waals surface area contributed by atoms with Crippen LogP contribution in [0.5, 0.6) is 5.75 Å². The molecule has 1 atom stereocenters. The third-order valence-corrected chi connectivity index (χ3v) is 3.67. The van der Waals surface area contributed by atoms with E-state index in [1.807, 2.05) is 24.3 Å². The van der Waals surface area contributed by atoms with Gasteiger partial charge in [0, 0.05) is 5.56 Å². The Labute approximate surface area is 120 Å². The van der Waals surface area contributed by atoms with E-state index in [-0.39, 0.29) is 5.38 Å². The summed E-state index contributed by atoms with van der Waals surface area (Å²) in [4.78, 5) is 0. The molecular formula is C14H14BrClO2. The van der Waals surface area contributed by atoms with Crippen molar-refractivity contribution in [2.24, 2.45) is 0 Å². The summed E-state index contributed by atoms with van der Waals surface area (Å²) in [6.07, 6.45) is 4.27. The highest BCUT2D eigenvalue weighted by Gasteiger charge is 2.13. The molecule has 0 radical (unpaired) electrons. The van der Waals surface area contributed by atoms with Gasteiger partial charge in [-0.1, -0.05) is 13.0 Å². The number of benzene rings is 1.